The molecule has 2 rings (SSSR count). The van der Waals surface area contributed by atoms with E-state index in [-0.39, 0.29) is 5.38 Å². The summed E-state index contributed by atoms with van der Waals surface area (Å²) in [4.78, 5) is 1.14. The monoisotopic (exact) mass is 304 g/mol. The minimum atomic E-state index is -0.102. The van der Waals surface area contributed by atoms with Crippen molar-refractivity contribution in [1.29, 1.82) is 0 Å². The van der Waals surface area contributed by atoms with E-state index >= 15 is 0 Å². The number of furan rings is 1. The normalized spacial score (nSPS) is 13.0. The highest BCUT2D eigenvalue weighted by atomic mass is 79.9. The lowest BCUT2D eigenvalue weighted by molar-refractivity contribution is 0.512. The quantitative estimate of drug-likeness (QED) is 0.728. The first-order chi connectivity index (χ1) is 7.22. The highest BCUT2D eigenvalue weighted by Crippen LogP contribution is 2.37. The van der Waals surface area contributed by atoms with Gasteiger partial charge in [0.15, 0.2) is 0 Å². The molecule has 0 saturated carbocycles. The van der Waals surface area contributed by atoms with Crippen LogP contribution in [0.5, 0.6) is 0 Å². The van der Waals surface area contributed by atoms with E-state index in [4.69, 9.17) is 16.0 Å². The summed E-state index contributed by atoms with van der Waals surface area (Å²) in [6.07, 6.45) is 2.57. The second-order valence-corrected chi connectivity index (χ2v) is 6.09. The Labute approximate surface area is 106 Å². The van der Waals surface area contributed by atoms with Gasteiger partial charge in [0.05, 0.1) is 15.4 Å². The van der Waals surface area contributed by atoms with Crippen LogP contribution in [0.3, 0.4) is 0 Å². The van der Waals surface area contributed by atoms with Crippen molar-refractivity contribution in [2.45, 2.75) is 18.7 Å². The standard InChI is InChI=1S/C11H10BrClOS/c1-2-8-7(5-6-14-8)11(13)9-3-4-10(12)15-9/h3-6,11H,2H2,1H3. The molecule has 1 nitrogen and oxygen atoms in total. The zero-order valence-electron chi connectivity index (χ0n) is 8.17. The first-order valence-corrected chi connectivity index (χ1v) is 6.72. The molecule has 4 heteroatoms. The Kier molecular flexibility index (Phi) is 3.54. The third-order valence-electron chi connectivity index (χ3n) is 2.22. The maximum absolute atomic E-state index is 6.40. The summed E-state index contributed by atoms with van der Waals surface area (Å²) in [5.41, 5.74) is 1.08. The van der Waals surface area contributed by atoms with E-state index in [1.54, 1.807) is 17.6 Å². The number of alkyl halides is 1. The Morgan fingerprint density at radius 3 is 2.87 bits per heavy atom. The molecule has 0 aliphatic rings. The van der Waals surface area contributed by atoms with Crippen LogP contribution in [0, 0.1) is 0 Å². The lowest BCUT2D eigenvalue weighted by Crippen LogP contribution is -1.92. The van der Waals surface area contributed by atoms with E-state index in [2.05, 4.69) is 22.9 Å². The van der Waals surface area contributed by atoms with Crippen LogP contribution < -0.4 is 0 Å². The molecule has 2 aromatic rings. The van der Waals surface area contributed by atoms with Gasteiger partial charge >= 0.3 is 0 Å². The van der Waals surface area contributed by atoms with Crippen LogP contribution in [-0.2, 0) is 6.42 Å². The highest BCUT2D eigenvalue weighted by molar-refractivity contribution is 9.11. The van der Waals surface area contributed by atoms with E-state index in [9.17, 15) is 0 Å². The predicted octanol–water partition coefficient (Wildman–Crippen LogP) is 4.99. The van der Waals surface area contributed by atoms with E-state index in [0.717, 1.165) is 26.4 Å². The summed E-state index contributed by atoms with van der Waals surface area (Å²) in [6, 6.07) is 6.00. The number of thiophene rings is 1. The van der Waals surface area contributed by atoms with Gasteiger partial charge in [-0.3, -0.25) is 0 Å². The summed E-state index contributed by atoms with van der Waals surface area (Å²) in [6.45, 7) is 2.07. The lowest BCUT2D eigenvalue weighted by atomic mass is 10.1. The number of aryl methyl sites for hydroxylation is 1. The number of rotatable bonds is 3. The van der Waals surface area contributed by atoms with Crippen LogP contribution in [0.15, 0.2) is 32.7 Å². The van der Waals surface area contributed by atoms with E-state index in [0.29, 0.717) is 0 Å². The summed E-state index contributed by atoms with van der Waals surface area (Å²) < 4.78 is 6.47. The van der Waals surface area contributed by atoms with Crippen molar-refractivity contribution in [3.8, 4) is 0 Å². The molecule has 0 bridgehead atoms. The van der Waals surface area contributed by atoms with E-state index in [1.165, 1.54) is 0 Å². The maximum atomic E-state index is 6.40. The van der Waals surface area contributed by atoms with Crippen molar-refractivity contribution in [3.05, 3.63) is 44.4 Å². The molecule has 0 radical (unpaired) electrons. The van der Waals surface area contributed by atoms with Crippen LogP contribution in [0.1, 0.15) is 28.5 Å². The smallest absolute Gasteiger partial charge is 0.108 e. The van der Waals surface area contributed by atoms with Crippen molar-refractivity contribution in [3.63, 3.8) is 0 Å². The zero-order valence-corrected chi connectivity index (χ0v) is 11.3. The van der Waals surface area contributed by atoms with Crippen LogP contribution >= 0.6 is 38.9 Å². The topological polar surface area (TPSA) is 13.1 Å². The third-order valence-corrected chi connectivity index (χ3v) is 4.51. The van der Waals surface area contributed by atoms with Crippen molar-refractivity contribution >= 4 is 38.9 Å². The third kappa shape index (κ3) is 2.30. The van der Waals surface area contributed by atoms with Crippen LogP contribution in [0.4, 0.5) is 0 Å². The fraction of sp³-hybridized carbons (Fsp3) is 0.273. The van der Waals surface area contributed by atoms with Gasteiger partial charge in [0.25, 0.3) is 0 Å². The summed E-state index contributed by atoms with van der Waals surface area (Å²) >= 11 is 11.5. The minimum absolute atomic E-state index is 0.102. The fourth-order valence-electron chi connectivity index (χ4n) is 1.48. The second kappa shape index (κ2) is 4.73. The van der Waals surface area contributed by atoms with Gasteiger partial charge in [0.1, 0.15) is 5.76 Å². The summed E-state index contributed by atoms with van der Waals surface area (Å²) in [5, 5.41) is -0.102. The van der Waals surface area contributed by atoms with Crippen molar-refractivity contribution in [1.82, 2.24) is 0 Å². The molecule has 2 aromatic heterocycles. The molecular weight excluding hydrogens is 296 g/mol. The van der Waals surface area contributed by atoms with Crippen molar-refractivity contribution in [2.75, 3.05) is 0 Å². The van der Waals surface area contributed by atoms with Crippen molar-refractivity contribution in [2.24, 2.45) is 0 Å². The molecule has 0 aliphatic heterocycles. The molecule has 1 atom stereocenters. The average molecular weight is 306 g/mol. The van der Waals surface area contributed by atoms with Gasteiger partial charge in [-0.15, -0.1) is 22.9 Å². The van der Waals surface area contributed by atoms with Crippen LogP contribution in [-0.4, -0.2) is 0 Å². The number of hydrogen-bond acceptors (Lipinski definition) is 2. The van der Waals surface area contributed by atoms with Gasteiger partial charge in [-0.1, -0.05) is 6.92 Å². The highest BCUT2D eigenvalue weighted by Gasteiger charge is 2.17. The van der Waals surface area contributed by atoms with Gasteiger partial charge in [-0.2, -0.15) is 0 Å². The van der Waals surface area contributed by atoms with Crippen LogP contribution in [0.25, 0.3) is 0 Å². The molecule has 0 N–H and O–H groups in total. The summed E-state index contributed by atoms with van der Waals surface area (Å²) in [7, 11) is 0. The summed E-state index contributed by atoms with van der Waals surface area (Å²) in [5.74, 6) is 0.972. The molecule has 0 aliphatic carbocycles. The predicted molar refractivity (Wildman–Crippen MR) is 67.8 cm³/mol. The molecule has 0 saturated heterocycles. The largest absolute Gasteiger partial charge is 0.469 e. The molecule has 0 aromatic carbocycles. The van der Waals surface area contributed by atoms with Gasteiger partial charge < -0.3 is 4.42 Å². The molecule has 0 amide bonds. The molecular formula is C11H10BrClOS. The average Bonchev–Trinajstić information content (AvgIpc) is 2.84. The number of halogens is 2. The molecule has 80 valence electrons. The first kappa shape index (κ1) is 11.2. The Hall–Kier alpha value is -0.250. The van der Waals surface area contributed by atoms with Crippen LogP contribution in [0.2, 0.25) is 0 Å². The molecule has 2 heterocycles. The molecule has 0 spiro atoms. The fourth-order valence-corrected chi connectivity index (χ4v) is 3.30. The molecule has 1 unspecified atom stereocenters. The van der Waals surface area contributed by atoms with E-state index in [1.807, 2.05) is 18.2 Å². The Balaban J connectivity index is 2.31. The molecule has 15 heavy (non-hydrogen) atoms. The Bertz CT molecular complexity index is 449. The maximum Gasteiger partial charge on any atom is 0.108 e. The number of hydrogen-bond donors (Lipinski definition) is 0. The Morgan fingerprint density at radius 2 is 2.27 bits per heavy atom. The Morgan fingerprint density at radius 1 is 1.47 bits per heavy atom. The van der Waals surface area contributed by atoms with Gasteiger partial charge in [0, 0.05) is 16.9 Å². The minimum Gasteiger partial charge on any atom is -0.469 e. The second-order valence-electron chi connectivity index (χ2n) is 3.16. The molecule has 0 fully saturated rings. The SMILES string of the molecule is CCc1occc1C(Cl)c1ccc(Br)s1. The van der Waals surface area contributed by atoms with Crippen molar-refractivity contribution < 1.29 is 4.42 Å². The van der Waals surface area contributed by atoms with Gasteiger partial charge in [-0.25, -0.2) is 0 Å². The first-order valence-electron chi connectivity index (χ1n) is 4.68. The van der Waals surface area contributed by atoms with E-state index < -0.39 is 0 Å². The zero-order chi connectivity index (χ0) is 10.8. The van der Waals surface area contributed by atoms with Gasteiger partial charge in [0.2, 0.25) is 0 Å². The lowest BCUT2D eigenvalue weighted by Gasteiger charge is -2.06. The van der Waals surface area contributed by atoms with Gasteiger partial charge in [-0.05, 0) is 34.1 Å².